The number of nitrogens with zero attached hydrogens (tertiary/aromatic N) is 1. The highest BCUT2D eigenvalue weighted by Gasteiger charge is 2.32. The Balaban J connectivity index is 1.84. The summed E-state index contributed by atoms with van der Waals surface area (Å²) in [6, 6.07) is 8.53. The van der Waals surface area contributed by atoms with Gasteiger partial charge < -0.3 is 19.7 Å². The molecule has 1 saturated carbocycles. The van der Waals surface area contributed by atoms with Gasteiger partial charge in [-0.05, 0) is 61.9 Å². The largest absolute Gasteiger partial charge is 0.493 e. The van der Waals surface area contributed by atoms with E-state index in [9.17, 15) is 18.6 Å². The minimum absolute atomic E-state index is 0.0501. The molecule has 1 aliphatic rings. The molecule has 8 nitrogen and oxygen atoms in total. The molecule has 2 amide bonds. The van der Waals surface area contributed by atoms with Gasteiger partial charge in [-0.1, -0.05) is 83.3 Å². The van der Waals surface area contributed by atoms with Gasteiger partial charge in [-0.2, -0.15) is 0 Å². The zero-order valence-corrected chi connectivity index (χ0v) is 30.1. The molecule has 2 aromatic carbocycles. The zero-order valence-electron chi connectivity index (χ0n) is 29.2. The van der Waals surface area contributed by atoms with Gasteiger partial charge in [0.15, 0.2) is 17.8 Å². The molecule has 1 fully saturated rings. The number of unbranched alkanes of at least 4 members (excludes halogenated alkanes) is 10. The van der Waals surface area contributed by atoms with Crippen LogP contribution in [-0.2, 0) is 22.0 Å². The zero-order chi connectivity index (χ0) is 34.2. The second-order valence-corrected chi connectivity index (χ2v) is 14.2. The van der Waals surface area contributed by atoms with Gasteiger partial charge in [0.25, 0.3) is 5.91 Å². The Morgan fingerprint density at radius 2 is 1.60 bits per heavy atom. The molecule has 1 aliphatic carbocycles. The molecule has 260 valence electrons. The summed E-state index contributed by atoms with van der Waals surface area (Å²) in [4.78, 5) is 41.4. The van der Waals surface area contributed by atoms with Crippen molar-refractivity contribution in [1.29, 1.82) is 0 Å². The van der Waals surface area contributed by atoms with Crippen LogP contribution in [0.15, 0.2) is 30.3 Å². The molecule has 2 unspecified atom stereocenters. The lowest BCUT2D eigenvalue weighted by Crippen LogP contribution is -2.35. The lowest BCUT2D eigenvalue weighted by Gasteiger charge is -2.30. The van der Waals surface area contributed by atoms with Crippen molar-refractivity contribution in [3.63, 3.8) is 0 Å². The van der Waals surface area contributed by atoms with E-state index >= 15 is 0 Å². The SMILES string of the molecule is CCCCCCCCCCCCCc1ccc(NC(=O)C2CC2)c(C=O)c1C(=O)N(C)C(CS(C)=O)c1ccc(OC)c(OCC)c1. The van der Waals surface area contributed by atoms with E-state index in [1.54, 1.807) is 37.4 Å². The fraction of sp³-hybridized carbons (Fsp3) is 0.605. The number of nitrogens with one attached hydrogen (secondary N) is 1. The number of aryl methyl sites for hydroxylation is 1. The fourth-order valence-electron chi connectivity index (χ4n) is 6.06. The molecule has 0 aromatic heterocycles. The molecule has 0 bridgehead atoms. The number of hydrogen-bond acceptors (Lipinski definition) is 6. The van der Waals surface area contributed by atoms with E-state index in [0.29, 0.717) is 42.1 Å². The Bertz CT molecular complexity index is 1340. The first kappa shape index (κ1) is 38.2. The molecule has 0 saturated heterocycles. The van der Waals surface area contributed by atoms with Crippen LogP contribution in [-0.4, -0.2) is 60.0 Å². The summed E-state index contributed by atoms with van der Waals surface area (Å²) in [5.41, 5.74) is 2.38. The third kappa shape index (κ3) is 11.8. The second-order valence-electron chi connectivity index (χ2n) is 12.7. The smallest absolute Gasteiger partial charge is 0.255 e. The number of carbonyl (C=O) groups excluding carboxylic acids is 3. The van der Waals surface area contributed by atoms with Crippen LogP contribution in [0, 0.1) is 5.92 Å². The van der Waals surface area contributed by atoms with Gasteiger partial charge >= 0.3 is 0 Å². The van der Waals surface area contributed by atoms with Crippen molar-refractivity contribution in [1.82, 2.24) is 4.90 Å². The minimum Gasteiger partial charge on any atom is -0.493 e. The maximum atomic E-state index is 14.5. The fourth-order valence-corrected chi connectivity index (χ4v) is 6.92. The van der Waals surface area contributed by atoms with Crippen LogP contribution >= 0.6 is 0 Å². The number of methoxy groups -OCH3 is 1. The van der Waals surface area contributed by atoms with Gasteiger partial charge in [0, 0.05) is 35.8 Å². The summed E-state index contributed by atoms with van der Waals surface area (Å²) in [6.45, 7) is 4.56. The van der Waals surface area contributed by atoms with Crippen LogP contribution in [0.2, 0.25) is 0 Å². The number of hydrogen-bond donors (Lipinski definition) is 1. The number of amides is 2. The predicted octanol–water partition coefficient (Wildman–Crippen LogP) is 8.30. The molecule has 2 aromatic rings. The highest BCUT2D eigenvalue weighted by molar-refractivity contribution is 7.84. The molecule has 0 heterocycles. The molecule has 0 spiro atoms. The van der Waals surface area contributed by atoms with Crippen molar-refractivity contribution in [3.05, 3.63) is 52.6 Å². The Hall–Kier alpha value is -3.20. The third-order valence-corrected chi connectivity index (χ3v) is 9.76. The van der Waals surface area contributed by atoms with E-state index in [4.69, 9.17) is 9.47 Å². The molecule has 0 aliphatic heterocycles. The van der Waals surface area contributed by atoms with E-state index in [1.807, 2.05) is 25.1 Å². The summed E-state index contributed by atoms with van der Waals surface area (Å²) in [6.07, 6.45) is 18.0. The summed E-state index contributed by atoms with van der Waals surface area (Å²) < 4.78 is 23.9. The molecule has 2 atom stereocenters. The molecule has 3 rings (SSSR count). The van der Waals surface area contributed by atoms with Crippen molar-refractivity contribution < 1.29 is 28.1 Å². The van der Waals surface area contributed by atoms with Gasteiger partial charge in [0.1, 0.15) is 0 Å². The summed E-state index contributed by atoms with van der Waals surface area (Å²) >= 11 is 0. The van der Waals surface area contributed by atoms with Crippen molar-refractivity contribution >= 4 is 34.6 Å². The maximum Gasteiger partial charge on any atom is 0.255 e. The number of benzene rings is 2. The molecular formula is C38H56N2O6S. The maximum absolute atomic E-state index is 14.5. The second kappa shape index (κ2) is 20.2. The lowest BCUT2D eigenvalue weighted by molar-refractivity contribution is -0.117. The van der Waals surface area contributed by atoms with E-state index in [2.05, 4.69) is 12.2 Å². The van der Waals surface area contributed by atoms with E-state index in [1.165, 1.54) is 51.4 Å². The van der Waals surface area contributed by atoms with Crippen LogP contribution < -0.4 is 14.8 Å². The van der Waals surface area contributed by atoms with Crippen molar-refractivity contribution in [3.8, 4) is 11.5 Å². The van der Waals surface area contributed by atoms with Crippen LogP contribution in [0.3, 0.4) is 0 Å². The van der Waals surface area contributed by atoms with Crippen molar-refractivity contribution in [2.45, 2.75) is 110 Å². The minimum atomic E-state index is -1.24. The Morgan fingerprint density at radius 1 is 0.957 bits per heavy atom. The van der Waals surface area contributed by atoms with E-state index in [0.717, 1.165) is 43.2 Å². The highest BCUT2D eigenvalue weighted by atomic mass is 32.2. The summed E-state index contributed by atoms with van der Waals surface area (Å²) in [5.74, 6) is 0.776. The monoisotopic (exact) mass is 668 g/mol. The summed E-state index contributed by atoms with van der Waals surface area (Å²) in [7, 11) is 2.01. The first-order chi connectivity index (χ1) is 22.7. The van der Waals surface area contributed by atoms with Crippen LogP contribution in [0.25, 0.3) is 0 Å². The number of aldehydes is 1. The van der Waals surface area contributed by atoms with Crippen molar-refractivity contribution in [2.24, 2.45) is 5.92 Å². The highest BCUT2D eigenvalue weighted by Crippen LogP contribution is 2.35. The third-order valence-electron chi connectivity index (χ3n) is 8.97. The standard InChI is InChI=1S/C38H56N2O6S/c1-6-8-9-10-11-12-13-14-15-16-17-18-28-21-23-32(39-37(42)29-19-20-29)31(26-41)36(28)38(43)40(3)33(27-47(5)44)30-22-24-34(45-4)35(25-30)46-7-2/h21-26,29,33H,6-20,27H2,1-5H3,(H,39,42). The number of carbonyl (C=O) groups is 3. The van der Waals surface area contributed by atoms with Gasteiger partial charge in [0.05, 0.1) is 36.6 Å². The molecular weight excluding hydrogens is 612 g/mol. The molecule has 0 radical (unpaired) electrons. The average molecular weight is 669 g/mol. The van der Waals surface area contributed by atoms with Gasteiger partial charge in [0.2, 0.25) is 5.91 Å². The number of rotatable bonds is 23. The predicted molar refractivity (Wildman–Crippen MR) is 191 cm³/mol. The van der Waals surface area contributed by atoms with E-state index < -0.39 is 16.8 Å². The Labute approximate surface area is 284 Å². The average Bonchev–Trinajstić information content (AvgIpc) is 3.92. The topological polar surface area (TPSA) is 102 Å². The van der Waals surface area contributed by atoms with Crippen LogP contribution in [0.4, 0.5) is 5.69 Å². The molecule has 1 N–H and O–H groups in total. The summed E-state index contributed by atoms with van der Waals surface area (Å²) in [5, 5.41) is 2.90. The number of ether oxygens (including phenoxy) is 2. The van der Waals surface area contributed by atoms with Crippen LogP contribution in [0.5, 0.6) is 11.5 Å². The van der Waals surface area contributed by atoms with E-state index in [-0.39, 0.29) is 29.0 Å². The quantitative estimate of drug-likeness (QED) is 0.0944. The lowest BCUT2D eigenvalue weighted by atomic mass is 9.93. The van der Waals surface area contributed by atoms with Gasteiger partial charge in [-0.3, -0.25) is 18.6 Å². The Kier molecular flexibility index (Phi) is 16.5. The van der Waals surface area contributed by atoms with Crippen LogP contribution in [0.1, 0.15) is 135 Å². The molecule has 47 heavy (non-hydrogen) atoms. The molecule has 9 heteroatoms. The first-order valence-electron chi connectivity index (χ1n) is 17.5. The Morgan fingerprint density at radius 3 is 2.15 bits per heavy atom. The number of anilines is 1. The normalized spacial score (nSPS) is 13.9. The van der Waals surface area contributed by atoms with Gasteiger partial charge in [-0.15, -0.1) is 0 Å². The van der Waals surface area contributed by atoms with Crippen molar-refractivity contribution in [2.75, 3.05) is 38.1 Å². The van der Waals surface area contributed by atoms with Gasteiger partial charge in [-0.25, -0.2) is 0 Å². The first-order valence-corrected chi connectivity index (χ1v) is 19.3.